The van der Waals surface area contributed by atoms with Crippen molar-refractivity contribution in [1.29, 1.82) is 0 Å². The molecule has 1 amide bonds. The summed E-state index contributed by atoms with van der Waals surface area (Å²) in [5, 5.41) is 10.8. The van der Waals surface area contributed by atoms with Gasteiger partial charge in [0.1, 0.15) is 11.4 Å². The summed E-state index contributed by atoms with van der Waals surface area (Å²) >= 11 is 0. The number of pyridine rings is 1. The fourth-order valence-corrected chi connectivity index (χ4v) is 2.10. The Hall–Kier alpha value is -3.22. The SMILES string of the molecule is Cc1ccccc1OCC(=O)NCc1cn(-c2ccncc2)nn1. The molecule has 0 atom stereocenters. The average Bonchev–Trinajstić information content (AvgIpc) is 3.09. The molecule has 3 rings (SSSR count). The van der Waals surface area contributed by atoms with Crippen LogP contribution in [0.4, 0.5) is 0 Å². The fraction of sp³-hybridized carbons (Fsp3) is 0.176. The predicted molar refractivity (Wildman–Crippen MR) is 87.7 cm³/mol. The quantitative estimate of drug-likeness (QED) is 0.746. The van der Waals surface area contributed by atoms with E-state index in [0.29, 0.717) is 18.0 Å². The molecule has 2 heterocycles. The molecular weight excluding hydrogens is 306 g/mol. The smallest absolute Gasteiger partial charge is 0.258 e. The van der Waals surface area contributed by atoms with E-state index in [-0.39, 0.29) is 12.5 Å². The number of aromatic nitrogens is 4. The van der Waals surface area contributed by atoms with Gasteiger partial charge >= 0.3 is 0 Å². The molecule has 0 aliphatic carbocycles. The van der Waals surface area contributed by atoms with Gasteiger partial charge in [0.05, 0.1) is 18.4 Å². The number of hydrogen-bond acceptors (Lipinski definition) is 5. The molecule has 1 aromatic carbocycles. The van der Waals surface area contributed by atoms with Gasteiger partial charge in [0.15, 0.2) is 6.61 Å². The summed E-state index contributed by atoms with van der Waals surface area (Å²) < 4.78 is 7.13. The summed E-state index contributed by atoms with van der Waals surface area (Å²) in [6.45, 7) is 2.19. The summed E-state index contributed by atoms with van der Waals surface area (Å²) in [6, 6.07) is 11.2. The second-order valence-electron chi connectivity index (χ2n) is 5.19. The van der Waals surface area contributed by atoms with Crippen molar-refractivity contribution in [2.45, 2.75) is 13.5 Å². The molecule has 7 heteroatoms. The first kappa shape index (κ1) is 15.7. The Labute approximate surface area is 139 Å². The number of carbonyl (C=O) groups is 1. The van der Waals surface area contributed by atoms with Gasteiger partial charge in [-0.25, -0.2) is 4.68 Å². The maximum absolute atomic E-state index is 11.9. The third-order valence-electron chi connectivity index (χ3n) is 3.39. The lowest BCUT2D eigenvalue weighted by Gasteiger charge is -2.08. The van der Waals surface area contributed by atoms with Crippen molar-refractivity contribution in [3.05, 3.63) is 66.2 Å². The second-order valence-corrected chi connectivity index (χ2v) is 5.19. The average molecular weight is 323 g/mol. The Balaban J connectivity index is 1.50. The Kier molecular flexibility index (Phi) is 4.81. The number of nitrogens with one attached hydrogen (secondary N) is 1. The molecule has 0 aliphatic heterocycles. The molecule has 122 valence electrons. The lowest BCUT2D eigenvalue weighted by Crippen LogP contribution is -2.28. The number of ether oxygens (including phenoxy) is 1. The molecule has 0 bridgehead atoms. The third kappa shape index (κ3) is 3.95. The highest BCUT2D eigenvalue weighted by molar-refractivity contribution is 5.77. The summed E-state index contributed by atoms with van der Waals surface area (Å²) in [5.41, 5.74) is 2.51. The molecule has 0 saturated carbocycles. The highest BCUT2D eigenvalue weighted by Gasteiger charge is 2.07. The van der Waals surface area contributed by atoms with Crippen LogP contribution in [0.15, 0.2) is 55.0 Å². The lowest BCUT2D eigenvalue weighted by atomic mass is 10.2. The van der Waals surface area contributed by atoms with Gasteiger partial charge in [0.25, 0.3) is 5.91 Å². The van der Waals surface area contributed by atoms with E-state index in [1.165, 1.54) is 0 Å². The van der Waals surface area contributed by atoms with Crippen LogP contribution in [0, 0.1) is 6.92 Å². The van der Waals surface area contributed by atoms with Gasteiger partial charge in [0, 0.05) is 12.4 Å². The Morgan fingerprint density at radius 1 is 1.21 bits per heavy atom. The van der Waals surface area contributed by atoms with Gasteiger partial charge in [-0.3, -0.25) is 9.78 Å². The number of hydrogen-bond donors (Lipinski definition) is 1. The van der Waals surface area contributed by atoms with Gasteiger partial charge in [-0.2, -0.15) is 0 Å². The monoisotopic (exact) mass is 323 g/mol. The number of benzene rings is 1. The Morgan fingerprint density at radius 2 is 2.00 bits per heavy atom. The standard InChI is InChI=1S/C17H17N5O2/c1-13-4-2-3-5-16(13)24-12-17(23)19-10-14-11-22(21-20-14)15-6-8-18-9-7-15/h2-9,11H,10,12H2,1H3,(H,19,23). The van der Waals surface area contributed by atoms with Crippen LogP contribution in [0.25, 0.3) is 5.69 Å². The van der Waals surface area contributed by atoms with Crippen LogP contribution in [0.2, 0.25) is 0 Å². The highest BCUT2D eigenvalue weighted by atomic mass is 16.5. The Morgan fingerprint density at radius 3 is 2.79 bits per heavy atom. The number of amides is 1. The molecule has 1 N–H and O–H groups in total. The van der Waals surface area contributed by atoms with E-state index in [0.717, 1.165) is 11.3 Å². The molecule has 7 nitrogen and oxygen atoms in total. The molecule has 24 heavy (non-hydrogen) atoms. The number of nitrogens with zero attached hydrogens (tertiary/aromatic N) is 4. The van der Waals surface area contributed by atoms with Crippen molar-refractivity contribution < 1.29 is 9.53 Å². The van der Waals surface area contributed by atoms with E-state index in [4.69, 9.17) is 4.74 Å². The molecule has 0 unspecified atom stereocenters. The number of carbonyl (C=O) groups excluding carboxylic acids is 1. The van der Waals surface area contributed by atoms with Gasteiger partial charge in [-0.05, 0) is 30.7 Å². The highest BCUT2D eigenvalue weighted by Crippen LogP contribution is 2.15. The largest absolute Gasteiger partial charge is 0.484 e. The first-order valence-corrected chi connectivity index (χ1v) is 7.49. The van der Waals surface area contributed by atoms with Crippen LogP contribution in [0.5, 0.6) is 5.75 Å². The van der Waals surface area contributed by atoms with E-state index in [1.54, 1.807) is 23.3 Å². The molecule has 0 fully saturated rings. The van der Waals surface area contributed by atoms with E-state index in [1.807, 2.05) is 43.3 Å². The zero-order chi connectivity index (χ0) is 16.8. The third-order valence-corrected chi connectivity index (χ3v) is 3.39. The number of rotatable bonds is 6. The van der Waals surface area contributed by atoms with Gasteiger partial charge in [-0.1, -0.05) is 23.4 Å². The van der Waals surface area contributed by atoms with Crippen molar-refractivity contribution >= 4 is 5.91 Å². The maximum Gasteiger partial charge on any atom is 0.258 e. The van der Waals surface area contributed by atoms with Crippen molar-refractivity contribution in [1.82, 2.24) is 25.3 Å². The molecule has 0 saturated heterocycles. The summed E-state index contributed by atoms with van der Waals surface area (Å²) in [7, 11) is 0. The predicted octanol–water partition coefficient (Wildman–Crippen LogP) is 1.67. The summed E-state index contributed by atoms with van der Waals surface area (Å²) in [6.07, 6.45) is 5.13. The minimum Gasteiger partial charge on any atom is -0.484 e. The van der Waals surface area contributed by atoms with Crippen molar-refractivity contribution in [3.8, 4) is 11.4 Å². The second kappa shape index (κ2) is 7.36. The van der Waals surface area contributed by atoms with E-state index in [2.05, 4.69) is 20.6 Å². The zero-order valence-electron chi connectivity index (χ0n) is 13.2. The van der Waals surface area contributed by atoms with E-state index >= 15 is 0 Å². The molecule has 0 radical (unpaired) electrons. The molecule has 0 spiro atoms. The van der Waals surface area contributed by atoms with Crippen LogP contribution in [0.3, 0.4) is 0 Å². The van der Waals surface area contributed by atoms with E-state index in [9.17, 15) is 4.79 Å². The number of para-hydroxylation sites is 1. The molecule has 2 aromatic heterocycles. The number of aryl methyl sites for hydroxylation is 1. The van der Waals surface area contributed by atoms with Crippen molar-refractivity contribution in [2.75, 3.05) is 6.61 Å². The van der Waals surface area contributed by atoms with Crippen LogP contribution >= 0.6 is 0 Å². The first-order valence-electron chi connectivity index (χ1n) is 7.49. The first-order chi connectivity index (χ1) is 11.7. The minimum atomic E-state index is -0.211. The van der Waals surface area contributed by atoms with Gasteiger partial charge in [0.2, 0.25) is 0 Å². The summed E-state index contributed by atoms with van der Waals surface area (Å²) in [5.74, 6) is 0.494. The lowest BCUT2D eigenvalue weighted by molar-refractivity contribution is -0.123. The molecule has 0 aliphatic rings. The van der Waals surface area contributed by atoms with E-state index < -0.39 is 0 Å². The van der Waals surface area contributed by atoms with Gasteiger partial charge in [-0.15, -0.1) is 5.10 Å². The Bertz CT molecular complexity index is 817. The van der Waals surface area contributed by atoms with Crippen molar-refractivity contribution in [3.63, 3.8) is 0 Å². The fourth-order valence-electron chi connectivity index (χ4n) is 2.10. The van der Waals surface area contributed by atoms with Crippen LogP contribution in [-0.2, 0) is 11.3 Å². The minimum absolute atomic E-state index is 0.0383. The molecule has 3 aromatic rings. The van der Waals surface area contributed by atoms with Crippen LogP contribution in [-0.4, -0.2) is 32.5 Å². The maximum atomic E-state index is 11.9. The van der Waals surface area contributed by atoms with Gasteiger partial charge < -0.3 is 10.1 Å². The molecular formula is C17H17N5O2. The summed E-state index contributed by atoms with van der Waals surface area (Å²) in [4.78, 5) is 15.8. The zero-order valence-corrected chi connectivity index (χ0v) is 13.2. The van der Waals surface area contributed by atoms with Crippen molar-refractivity contribution in [2.24, 2.45) is 0 Å². The van der Waals surface area contributed by atoms with Crippen LogP contribution < -0.4 is 10.1 Å². The normalized spacial score (nSPS) is 10.4. The topological polar surface area (TPSA) is 81.9 Å². The van der Waals surface area contributed by atoms with Crippen LogP contribution in [0.1, 0.15) is 11.3 Å².